The first-order chi connectivity index (χ1) is 9.19. The SMILES string of the molecule is COc1ccc(C)cc1C(Cl)c1cc2c(s1)CCC2. The summed E-state index contributed by atoms with van der Waals surface area (Å²) in [5.74, 6) is 0.874. The Hall–Kier alpha value is -0.990. The van der Waals surface area contributed by atoms with Crippen molar-refractivity contribution in [1.29, 1.82) is 0 Å². The van der Waals surface area contributed by atoms with Gasteiger partial charge in [-0.1, -0.05) is 17.7 Å². The summed E-state index contributed by atoms with van der Waals surface area (Å²) < 4.78 is 5.44. The van der Waals surface area contributed by atoms with Gasteiger partial charge in [-0.05, 0) is 43.9 Å². The highest BCUT2D eigenvalue weighted by Gasteiger charge is 2.22. The Labute approximate surface area is 123 Å². The summed E-state index contributed by atoms with van der Waals surface area (Å²) >= 11 is 8.55. The molecule has 0 amide bonds. The third-order valence-corrected chi connectivity index (χ3v) is 5.58. The lowest BCUT2D eigenvalue weighted by Gasteiger charge is -2.13. The minimum Gasteiger partial charge on any atom is -0.496 e. The van der Waals surface area contributed by atoms with E-state index >= 15 is 0 Å². The highest BCUT2D eigenvalue weighted by Crippen LogP contribution is 2.41. The summed E-state index contributed by atoms with van der Waals surface area (Å²) in [6, 6.07) is 8.47. The number of aryl methyl sites for hydroxylation is 3. The number of fused-ring (bicyclic) bond motifs is 1. The van der Waals surface area contributed by atoms with Gasteiger partial charge in [-0.15, -0.1) is 22.9 Å². The maximum atomic E-state index is 6.68. The molecule has 0 spiro atoms. The molecule has 1 nitrogen and oxygen atoms in total. The summed E-state index contributed by atoms with van der Waals surface area (Å²) in [6.07, 6.45) is 3.72. The van der Waals surface area contributed by atoms with Gasteiger partial charge < -0.3 is 4.74 Å². The molecule has 1 aromatic carbocycles. The molecule has 1 aromatic heterocycles. The number of alkyl halides is 1. The van der Waals surface area contributed by atoms with Gasteiger partial charge in [-0.3, -0.25) is 0 Å². The fourth-order valence-electron chi connectivity index (χ4n) is 2.68. The molecule has 0 aliphatic heterocycles. The van der Waals surface area contributed by atoms with E-state index in [4.69, 9.17) is 16.3 Å². The fourth-order valence-corrected chi connectivity index (χ4v) is 4.30. The Kier molecular flexibility index (Phi) is 3.55. The maximum Gasteiger partial charge on any atom is 0.123 e. The monoisotopic (exact) mass is 292 g/mol. The lowest BCUT2D eigenvalue weighted by atomic mass is 10.1. The molecule has 19 heavy (non-hydrogen) atoms. The molecule has 0 saturated heterocycles. The Morgan fingerprint density at radius 3 is 2.84 bits per heavy atom. The molecule has 1 aliphatic rings. The van der Waals surface area contributed by atoms with E-state index in [2.05, 4.69) is 25.1 Å². The van der Waals surface area contributed by atoms with Crippen LogP contribution in [-0.4, -0.2) is 7.11 Å². The second kappa shape index (κ2) is 5.18. The Bertz CT molecular complexity index is 581. The van der Waals surface area contributed by atoms with Crippen LogP contribution in [0.15, 0.2) is 24.3 Å². The van der Waals surface area contributed by atoms with Gasteiger partial charge in [-0.25, -0.2) is 0 Å². The topological polar surface area (TPSA) is 9.23 Å². The molecule has 0 saturated carbocycles. The molecule has 0 fully saturated rings. The van der Waals surface area contributed by atoms with Crippen molar-refractivity contribution in [1.82, 2.24) is 0 Å². The average molecular weight is 293 g/mol. The van der Waals surface area contributed by atoms with Crippen LogP contribution in [0.2, 0.25) is 0 Å². The molecule has 1 aliphatic carbocycles. The van der Waals surface area contributed by atoms with E-state index in [9.17, 15) is 0 Å². The van der Waals surface area contributed by atoms with Crippen LogP contribution in [0.3, 0.4) is 0 Å². The lowest BCUT2D eigenvalue weighted by molar-refractivity contribution is 0.410. The molecule has 100 valence electrons. The second-order valence-corrected chi connectivity index (χ2v) is 6.66. The highest BCUT2D eigenvalue weighted by molar-refractivity contribution is 7.12. The number of methoxy groups -OCH3 is 1. The lowest BCUT2D eigenvalue weighted by Crippen LogP contribution is -1.96. The van der Waals surface area contributed by atoms with Crippen molar-refractivity contribution in [2.75, 3.05) is 7.11 Å². The summed E-state index contributed by atoms with van der Waals surface area (Å²) in [7, 11) is 1.70. The van der Waals surface area contributed by atoms with Crippen LogP contribution in [0.25, 0.3) is 0 Å². The van der Waals surface area contributed by atoms with Crippen LogP contribution >= 0.6 is 22.9 Å². The molecule has 0 bridgehead atoms. The third-order valence-electron chi connectivity index (χ3n) is 3.67. The number of ether oxygens (including phenoxy) is 1. The standard InChI is InChI=1S/C16H17ClOS/c1-10-6-7-13(18-2)12(8-10)16(17)15-9-11-4-3-5-14(11)19-15/h6-9,16H,3-5H2,1-2H3. The van der Waals surface area contributed by atoms with E-state index in [1.807, 2.05) is 17.4 Å². The van der Waals surface area contributed by atoms with Crippen molar-refractivity contribution in [2.45, 2.75) is 31.6 Å². The number of benzene rings is 1. The minimum absolute atomic E-state index is 0.106. The molecule has 3 rings (SSSR count). The zero-order chi connectivity index (χ0) is 13.4. The largest absolute Gasteiger partial charge is 0.496 e. The average Bonchev–Trinajstić information content (AvgIpc) is 2.98. The summed E-state index contributed by atoms with van der Waals surface area (Å²) in [6.45, 7) is 2.08. The van der Waals surface area contributed by atoms with E-state index in [1.54, 1.807) is 7.11 Å². The Morgan fingerprint density at radius 2 is 2.11 bits per heavy atom. The van der Waals surface area contributed by atoms with E-state index in [0.717, 1.165) is 11.3 Å². The van der Waals surface area contributed by atoms with Crippen molar-refractivity contribution >= 4 is 22.9 Å². The van der Waals surface area contributed by atoms with E-state index in [0.29, 0.717) is 0 Å². The zero-order valence-corrected chi connectivity index (χ0v) is 12.8. The minimum atomic E-state index is -0.106. The predicted molar refractivity (Wildman–Crippen MR) is 81.8 cm³/mol. The number of thiophene rings is 1. The third kappa shape index (κ3) is 2.39. The fraction of sp³-hybridized carbons (Fsp3) is 0.375. The van der Waals surface area contributed by atoms with Gasteiger partial charge in [0.15, 0.2) is 0 Å². The van der Waals surface area contributed by atoms with E-state index in [-0.39, 0.29) is 5.38 Å². The van der Waals surface area contributed by atoms with E-state index in [1.165, 1.54) is 40.1 Å². The van der Waals surface area contributed by atoms with Crippen LogP contribution in [-0.2, 0) is 12.8 Å². The normalized spacial score (nSPS) is 15.3. The summed E-state index contributed by atoms with van der Waals surface area (Å²) in [5, 5.41) is -0.106. The van der Waals surface area contributed by atoms with E-state index < -0.39 is 0 Å². The van der Waals surface area contributed by atoms with Crippen LogP contribution in [0.5, 0.6) is 5.75 Å². The van der Waals surface area contributed by atoms with Gasteiger partial charge in [0.1, 0.15) is 5.75 Å². The van der Waals surface area contributed by atoms with Crippen LogP contribution in [0, 0.1) is 6.92 Å². The number of hydrogen-bond acceptors (Lipinski definition) is 2. The summed E-state index contributed by atoms with van der Waals surface area (Å²) in [4.78, 5) is 2.77. The van der Waals surface area contributed by atoms with Crippen molar-refractivity contribution in [3.05, 3.63) is 50.7 Å². The molecule has 3 heteroatoms. The molecule has 0 N–H and O–H groups in total. The second-order valence-electron chi connectivity index (χ2n) is 5.06. The maximum absolute atomic E-state index is 6.68. The number of hydrogen-bond donors (Lipinski definition) is 0. The van der Waals surface area contributed by atoms with Gasteiger partial charge in [0, 0.05) is 15.3 Å². The smallest absolute Gasteiger partial charge is 0.123 e. The molecular weight excluding hydrogens is 276 g/mol. The molecule has 2 aromatic rings. The molecule has 0 radical (unpaired) electrons. The first kappa shape index (κ1) is 13.0. The first-order valence-corrected chi connectivity index (χ1v) is 7.84. The van der Waals surface area contributed by atoms with Gasteiger partial charge in [-0.2, -0.15) is 0 Å². The van der Waals surface area contributed by atoms with Crippen molar-refractivity contribution in [3.63, 3.8) is 0 Å². The van der Waals surface area contributed by atoms with Crippen LogP contribution in [0.4, 0.5) is 0 Å². The van der Waals surface area contributed by atoms with Gasteiger partial charge in [0.25, 0.3) is 0 Å². The van der Waals surface area contributed by atoms with Crippen LogP contribution < -0.4 is 4.74 Å². The van der Waals surface area contributed by atoms with Gasteiger partial charge in [0.05, 0.1) is 12.5 Å². The molecular formula is C16H17ClOS. The van der Waals surface area contributed by atoms with Crippen LogP contribution in [0.1, 0.15) is 38.2 Å². The molecule has 1 atom stereocenters. The number of rotatable bonds is 3. The Morgan fingerprint density at radius 1 is 1.26 bits per heavy atom. The Balaban J connectivity index is 1.98. The van der Waals surface area contributed by atoms with Gasteiger partial charge >= 0.3 is 0 Å². The molecule has 1 unspecified atom stereocenters. The molecule has 1 heterocycles. The van der Waals surface area contributed by atoms with Crippen molar-refractivity contribution in [3.8, 4) is 5.75 Å². The van der Waals surface area contributed by atoms with Gasteiger partial charge in [0.2, 0.25) is 0 Å². The predicted octanol–water partition coefficient (Wildman–Crippen LogP) is 4.88. The van der Waals surface area contributed by atoms with Crippen molar-refractivity contribution in [2.24, 2.45) is 0 Å². The first-order valence-electron chi connectivity index (χ1n) is 6.59. The quantitative estimate of drug-likeness (QED) is 0.733. The highest BCUT2D eigenvalue weighted by atomic mass is 35.5. The van der Waals surface area contributed by atoms with Crippen molar-refractivity contribution < 1.29 is 4.74 Å². The zero-order valence-electron chi connectivity index (χ0n) is 11.2. The summed E-state index contributed by atoms with van der Waals surface area (Å²) in [5.41, 5.74) is 3.78. The number of halogens is 1.